The Morgan fingerprint density at radius 3 is 1.51 bits per heavy atom. The number of aromatic hydroxyl groups is 2. The van der Waals surface area contributed by atoms with Gasteiger partial charge < -0.3 is 105 Å². The number of carboxylic acids is 1. The maximum atomic E-state index is 14.8. The summed E-state index contributed by atoms with van der Waals surface area (Å²) in [5, 5.41) is 98.1. The van der Waals surface area contributed by atoms with Gasteiger partial charge in [-0.2, -0.15) is 0 Å². The Kier molecular flexibility index (Phi) is 25.7. The topological polar surface area (TPSA) is 492 Å². The number of carbonyl (C=O) groups is 10. The highest BCUT2D eigenvalue weighted by atomic mass is 16.4. The largest absolute Gasteiger partial charge is 0.508 e. The minimum atomic E-state index is -1.84. The number of aliphatic hydroxyl groups is 5. The van der Waals surface area contributed by atoms with Gasteiger partial charge in [-0.3, -0.25) is 43.2 Å². The smallest absolute Gasteiger partial charge is 0.326 e. The summed E-state index contributed by atoms with van der Waals surface area (Å²) in [5.41, 5.74) is 18.0. The third kappa shape index (κ3) is 19.2. The van der Waals surface area contributed by atoms with E-state index in [-0.39, 0.29) is 50.3 Å². The molecule has 3 saturated heterocycles. The molecule has 3 aliphatic heterocycles. The van der Waals surface area contributed by atoms with E-state index in [2.05, 4.69) is 31.9 Å². The molecule has 30 nitrogen and oxygen atoms in total. The predicted octanol–water partition coefficient (Wildman–Crippen LogP) is -6.26. The second-order valence-electron chi connectivity index (χ2n) is 21.8. The lowest BCUT2D eigenvalue weighted by molar-refractivity contribution is -0.148. The molecule has 85 heavy (non-hydrogen) atoms. The van der Waals surface area contributed by atoms with Crippen molar-refractivity contribution in [2.24, 2.45) is 17.2 Å². The Bertz CT molecular complexity index is 2650. The van der Waals surface area contributed by atoms with Gasteiger partial charge in [-0.1, -0.05) is 30.7 Å². The van der Waals surface area contributed by atoms with Gasteiger partial charge in [0.2, 0.25) is 53.2 Å². The number of benzene rings is 2. The van der Waals surface area contributed by atoms with Crippen LogP contribution < -0.4 is 49.1 Å². The van der Waals surface area contributed by atoms with Gasteiger partial charge in [-0.05, 0) is 94.4 Å². The first-order valence-electron chi connectivity index (χ1n) is 28.3. The highest BCUT2D eigenvalue weighted by Crippen LogP contribution is 2.28. The number of aliphatic carboxylic acids is 1. The number of nitrogens with two attached hydrogens (primary N) is 3. The number of phenolic OH excluding ortho intramolecular Hbond substituents is 2. The SMILES string of the molecule is C[C@H](NC(=O)[C@@H](N)CCCCN)C(=O)N[C@@H](CCCCN)C(=O)N1C[C@H](O)C[C@H]1C(=O)N[C@@H](CO)C(=O)N[C@@H](Cc1ccc(O)cc1)C(=O)N1C[C@H](O)C[C@H]1C(=O)N1C[C@H](O)C[C@H]1C(=O)N[C@H](C(=O)N[C@@H](Cc1ccc(O)cc1)C(=O)O)[C@@H](C)O. The average Bonchev–Trinajstić information content (AvgIpc) is 2.51. The Morgan fingerprint density at radius 1 is 0.541 bits per heavy atom. The number of hydrogen-bond donors (Lipinski definition) is 17. The zero-order chi connectivity index (χ0) is 62.8. The number of carbonyl (C=O) groups excluding carboxylic acids is 9. The number of hydrogen-bond acceptors (Lipinski definition) is 20. The zero-order valence-electron chi connectivity index (χ0n) is 47.5. The summed E-state index contributed by atoms with van der Waals surface area (Å²) in [4.78, 5) is 141. The molecule has 0 radical (unpaired) electrons. The quantitative estimate of drug-likeness (QED) is 0.0324. The van der Waals surface area contributed by atoms with Gasteiger partial charge >= 0.3 is 5.97 Å². The van der Waals surface area contributed by atoms with Gasteiger partial charge in [-0.15, -0.1) is 0 Å². The van der Waals surface area contributed by atoms with Crippen LogP contribution in [0.25, 0.3) is 0 Å². The first-order valence-corrected chi connectivity index (χ1v) is 28.3. The summed E-state index contributed by atoms with van der Waals surface area (Å²) in [7, 11) is 0. The Balaban J connectivity index is 1.31. The van der Waals surface area contributed by atoms with Crippen LogP contribution in [0.2, 0.25) is 0 Å². The van der Waals surface area contributed by atoms with E-state index in [4.69, 9.17) is 17.2 Å². The van der Waals surface area contributed by atoms with Crippen molar-refractivity contribution in [2.45, 2.75) is 169 Å². The lowest BCUT2D eigenvalue weighted by Gasteiger charge is -2.33. The van der Waals surface area contributed by atoms with Crippen molar-refractivity contribution >= 4 is 59.1 Å². The molecule has 3 fully saturated rings. The minimum Gasteiger partial charge on any atom is -0.508 e. The number of amides is 9. The van der Waals surface area contributed by atoms with Crippen molar-refractivity contribution in [3.8, 4) is 11.5 Å². The molecule has 0 bridgehead atoms. The van der Waals surface area contributed by atoms with Gasteiger partial charge in [0, 0.05) is 51.7 Å². The van der Waals surface area contributed by atoms with E-state index in [1.165, 1.54) is 55.5 Å². The molecule has 9 amide bonds. The molecule has 2 aromatic carbocycles. The van der Waals surface area contributed by atoms with E-state index >= 15 is 0 Å². The van der Waals surface area contributed by atoms with Crippen LogP contribution in [0.4, 0.5) is 0 Å². The first kappa shape index (κ1) is 68.2. The third-order valence-electron chi connectivity index (χ3n) is 15.1. The average molecular weight is 1200 g/mol. The molecule has 3 heterocycles. The first-order chi connectivity index (χ1) is 40.3. The normalized spacial score (nSPS) is 22.2. The molecule has 0 aliphatic carbocycles. The maximum absolute atomic E-state index is 14.8. The van der Waals surface area contributed by atoms with Crippen molar-refractivity contribution in [1.29, 1.82) is 0 Å². The predicted molar refractivity (Wildman–Crippen MR) is 299 cm³/mol. The number of nitrogens with one attached hydrogen (secondary N) is 6. The van der Waals surface area contributed by atoms with Gasteiger partial charge in [-0.25, -0.2) is 4.79 Å². The minimum absolute atomic E-state index is 0.0319. The summed E-state index contributed by atoms with van der Waals surface area (Å²) in [6.45, 7) is 0.740. The van der Waals surface area contributed by atoms with E-state index in [9.17, 15) is 88.8 Å². The number of likely N-dealkylation sites (tertiary alicyclic amines) is 3. The molecular formula is C55H82N12O18. The van der Waals surface area contributed by atoms with E-state index < -0.39 is 177 Å². The summed E-state index contributed by atoms with van der Waals surface area (Å²) >= 11 is 0. The summed E-state index contributed by atoms with van der Waals surface area (Å²) in [6, 6.07) is -3.88. The van der Waals surface area contributed by atoms with Crippen LogP contribution in [0.3, 0.4) is 0 Å². The molecule has 470 valence electrons. The lowest BCUT2D eigenvalue weighted by atomic mass is 10.0. The zero-order valence-corrected chi connectivity index (χ0v) is 47.5. The number of phenols is 2. The van der Waals surface area contributed by atoms with E-state index in [1.807, 2.05) is 0 Å². The monoisotopic (exact) mass is 1200 g/mol. The fourth-order valence-corrected chi connectivity index (χ4v) is 10.4. The van der Waals surface area contributed by atoms with Crippen LogP contribution in [-0.2, 0) is 60.8 Å². The highest BCUT2D eigenvalue weighted by Gasteiger charge is 2.49. The van der Waals surface area contributed by atoms with Gasteiger partial charge in [0.25, 0.3) is 0 Å². The number of nitrogens with zero attached hydrogens (tertiary/aromatic N) is 3. The van der Waals surface area contributed by atoms with Crippen LogP contribution in [0.5, 0.6) is 11.5 Å². The Morgan fingerprint density at radius 2 is 0.988 bits per heavy atom. The van der Waals surface area contributed by atoms with Crippen LogP contribution in [0.15, 0.2) is 48.5 Å². The maximum Gasteiger partial charge on any atom is 0.326 e. The molecule has 0 spiro atoms. The molecule has 0 unspecified atom stereocenters. The third-order valence-corrected chi connectivity index (χ3v) is 15.1. The Labute approximate surface area is 490 Å². The number of β-amino-alcohol motifs (C(OH)–C–C–N with tert-alkyl or cyclic N) is 3. The molecule has 30 heteroatoms. The number of aliphatic hydroxyl groups excluding tert-OH is 5. The highest BCUT2D eigenvalue weighted by molar-refractivity contribution is 5.99. The second-order valence-corrected chi connectivity index (χ2v) is 21.8. The molecule has 5 rings (SSSR count). The molecule has 3 aliphatic rings. The molecule has 2 aromatic rings. The van der Waals surface area contributed by atoms with E-state index in [1.54, 1.807) is 0 Å². The number of carboxylic acid groups (broad SMARTS) is 1. The van der Waals surface area contributed by atoms with Gasteiger partial charge in [0.05, 0.1) is 37.1 Å². The molecule has 0 saturated carbocycles. The van der Waals surface area contributed by atoms with Crippen LogP contribution in [0, 0.1) is 0 Å². The fourth-order valence-electron chi connectivity index (χ4n) is 10.4. The lowest BCUT2D eigenvalue weighted by Crippen LogP contribution is -2.61. The Hall–Kier alpha value is -7.58. The van der Waals surface area contributed by atoms with Gasteiger partial charge in [0.15, 0.2) is 0 Å². The van der Waals surface area contributed by atoms with Crippen molar-refractivity contribution < 1.29 is 88.8 Å². The fraction of sp³-hybridized carbons (Fsp3) is 0.600. The van der Waals surface area contributed by atoms with E-state index in [0.717, 1.165) is 21.6 Å². The van der Waals surface area contributed by atoms with Crippen molar-refractivity contribution in [3.63, 3.8) is 0 Å². The van der Waals surface area contributed by atoms with Crippen molar-refractivity contribution in [3.05, 3.63) is 59.7 Å². The van der Waals surface area contributed by atoms with Gasteiger partial charge in [0.1, 0.15) is 65.9 Å². The second kappa shape index (κ2) is 32.1. The molecule has 0 aromatic heterocycles. The molecular weight excluding hydrogens is 1120 g/mol. The van der Waals surface area contributed by atoms with Crippen molar-refractivity contribution in [1.82, 2.24) is 46.6 Å². The molecule has 14 atom stereocenters. The molecule has 20 N–H and O–H groups in total. The summed E-state index contributed by atoms with van der Waals surface area (Å²) in [6.07, 6.45) is -4.99. The summed E-state index contributed by atoms with van der Waals surface area (Å²) < 4.78 is 0. The summed E-state index contributed by atoms with van der Waals surface area (Å²) in [5.74, 6) is -10.1. The van der Waals surface area contributed by atoms with Crippen LogP contribution >= 0.6 is 0 Å². The number of unbranched alkanes of at least 4 members (excludes halogenated alkanes) is 2. The number of rotatable bonds is 30. The van der Waals surface area contributed by atoms with E-state index in [0.29, 0.717) is 49.8 Å². The standard InChI is InChI=1S/C55H82N12O18/c1-28(59-47(76)37(58)7-3-5-17-56)46(75)60-38(8-4-6-18-57)52(81)65-24-34(72)21-42(65)49(78)63-41(27-68)48(77)61-39(19-30-9-13-32(70)14-10-30)53(82)67-26-36(74)23-44(67)54(83)66-25-35(73)22-43(66)50(79)64-45(29(2)69)51(80)62-40(55(84)85)20-31-11-15-33(71)16-12-31/h9-16,28-29,34-45,68-74H,3-8,17-27,56-58H2,1-2H3,(H,59,76)(H,60,75)(H,61,77)(H,62,80)(H,63,78)(H,64,79)(H,84,85)/t28-,29+,34+,35+,36+,37-,38-,39-,40-,41-,42-,43-,44-,45-/m0/s1. The van der Waals surface area contributed by atoms with Crippen LogP contribution in [-0.4, -0.2) is 239 Å². The van der Waals surface area contributed by atoms with Crippen LogP contribution in [0.1, 0.15) is 82.8 Å². The van der Waals surface area contributed by atoms with Crippen molar-refractivity contribution in [2.75, 3.05) is 39.3 Å².